The molecule has 1 aromatic heterocycles. The summed E-state index contributed by atoms with van der Waals surface area (Å²) in [6.07, 6.45) is 6.28. The Morgan fingerprint density at radius 1 is 1.17 bits per heavy atom. The maximum atomic E-state index is 4.22. The van der Waals surface area contributed by atoms with E-state index in [1.54, 1.807) is 0 Å². The number of nitrogens with zero attached hydrogens (tertiary/aromatic N) is 2. The van der Waals surface area contributed by atoms with Gasteiger partial charge in [0.1, 0.15) is 0 Å². The van der Waals surface area contributed by atoms with Crippen LogP contribution < -0.4 is 10.9 Å². The molecule has 2 fully saturated rings. The number of hydrogen-bond acceptors (Lipinski definition) is 4. The summed E-state index contributed by atoms with van der Waals surface area (Å²) in [5.74, 6) is 0.726. The number of hydrazine groups is 1. The maximum Gasteiger partial charge on any atom is 0.0477 e. The molecule has 0 saturated carbocycles. The van der Waals surface area contributed by atoms with Gasteiger partial charge in [0.25, 0.3) is 0 Å². The normalized spacial score (nSPS) is 27.6. The average Bonchev–Trinajstić information content (AvgIpc) is 3.26. The average molecular weight is 322 g/mol. The minimum atomic E-state index is 0.433. The highest BCUT2D eigenvalue weighted by Crippen LogP contribution is 2.30. The standard InChI is InChI=1S/C20H26N4/c1-15-4-6-17(7-5-15)19-11-20(23-22-19)18-8-10-24(14-18)13-16-3-2-9-21-12-16/h2-7,9,12,18-20,22-23H,8,10-11,13-14H2,1H3. The van der Waals surface area contributed by atoms with Gasteiger partial charge in [-0.1, -0.05) is 35.9 Å². The number of rotatable bonds is 4. The maximum absolute atomic E-state index is 4.22. The Labute approximate surface area is 144 Å². The van der Waals surface area contributed by atoms with Crippen LogP contribution in [0.4, 0.5) is 0 Å². The lowest BCUT2D eigenvalue weighted by Gasteiger charge is -2.19. The van der Waals surface area contributed by atoms with E-state index in [1.807, 2.05) is 18.5 Å². The molecule has 2 aromatic rings. The Morgan fingerprint density at radius 2 is 2.04 bits per heavy atom. The van der Waals surface area contributed by atoms with Crippen LogP contribution in [0.5, 0.6) is 0 Å². The number of nitrogens with one attached hydrogen (secondary N) is 2. The highest BCUT2D eigenvalue weighted by Gasteiger charge is 2.34. The monoisotopic (exact) mass is 322 g/mol. The number of likely N-dealkylation sites (tertiary alicyclic amines) is 1. The summed E-state index contributed by atoms with van der Waals surface area (Å²) in [5.41, 5.74) is 11.1. The van der Waals surface area contributed by atoms with Gasteiger partial charge in [-0.2, -0.15) is 0 Å². The second-order valence-electron chi connectivity index (χ2n) is 7.24. The second kappa shape index (κ2) is 7.01. The van der Waals surface area contributed by atoms with E-state index in [0.29, 0.717) is 12.1 Å². The van der Waals surface area contributed by atoms with Crippen LogP contribution >= 0.6 is 0 Å². The third kappa shape index (κ3) is 3.51. The molecule has 0 spiro atoms. The highest BCUT2D eigenvalue weighted by molar-refractivity contribution is 5.25. The Morgan fingerprint density at radius 3 is 2.83 bits per heavy atom. The van der Waals surface area contributed by atoms with Crippen molar-refractivity contribution in [2.24, 2.45) is 5.92 Å². The molecule has 2 saturated heterocycles. The topological polar surface area (TPSA) is 40.2 Å². The summed E-state index contributed by atoms with van der Waals surface area (Å²) >= 11 is 0. The van der Waals surface area contributed by atoms with Crippen molar-refractivity contribution in [3.8, 4) is 0 Å². The Bertz CT molecular complexity index is 655. The predicted molar refractivity (Wildman–Crippen MR) is 96.2 cm³/mol. The summed E-state index contributed by atoms with van der Waals surface area (Å²) in [4.78, 5) is 6.78. The summed E-state index contributed by atoms with van der Waals surface area (Å²) < 4.78 is 0. The first kappa shape index (κ1) is 15.8. The molecule has 2 aliphatic heterocycles. The molecule has 126 valence electrons. The number of pyridine rings is 1. The van der Waals surface area contributed by atoms with Gasteiger partial charge in [0.15, 0.2) is 0 Å². The zero-order chi connectivity index (χ0) is 16.4. The second-order valence-corrected chi connectivity index (χ2v) is 7.24. The smallest absolute Gasteiger partial charge is 0.0477 e. The van der Waals surface area contributed by atoms with Crippen molar-refractivity contribution < 1.29 is 0 Å². The van der Waals surface area contributed by atoms with Crippen LogP contribution in [0.15, 0.2) is 48.8 Å². The van der Waals surface area contributed by atoms with Crippen LogP contribution in [0.2, 0.25) is 0 Å². The summed E-state index contributed by atoms with van der Waals surface area (Å²) in [5, 5.41) is 0. The summed E-state index contributed by atoms with van der Waals surface area (Å²) in [6, 6.07) is 14.1. The van der Waals surface area contributed by atoms with E-state index in [9.17, 15) is 0 Å². The summed E-state index contributed by atoms with van der Waals surface area (Å²) in [6.45, 7) is 5.52. The van der Waals surface area contributed by atoms with E-state index in [2.05, 4.69) is 58.0 Å². The van der Waals surface area contributed by atoms with Gasteiger partial charge in [0.2, 0.25) is 0 Å². The van der Waals surface area contributed by atoms with Crippen molar-refractivity contribution in [2.75, 3.05) is 13.1 Å². The Balaban J connectivity index is 1.32. The van der Waals surface area contributed by atoms with Gasteiger partial charge < -0.3 is 0 Å². The predicted octanol–water partition coefficient (Wildman–Crippen LogP) is 2.82. The molecular weight excluding hydrogens is 296 g/mol. The Hall–Kier alpha value is -1.75. The van der Waals surface area contributed by atoms with Crippen molar-refractivity contribution >= 4 is 0 Å². The van der Waals surface area contributed by atoms with E-state index in [1.165, 1.54) is 42.6 Å². The lowest BCUT2D eigenvalue weighted by molar-refractivity contribution is 0.297. The van der Waals surface area contributed by atoms with Gasteiger partial charge in [-0.25, -0.2) is 0 Å². The van der Waals surface area contributed by atoms with Crippen molar-refractivity contribution in [2.45, 2.75) is 38.4 Å². The van der Waals surface area contributed by atoms with Crippen LogP contribution in [0.25, 0.3) is 0 Å². The van der Waals surface area contributed by atoms with E-state index >= 15 is 0 Å². The van der Waals surface area contributed by atoms with Gasteiger partial charge in [-0.15, -0.1) is 0 Å². The molecular formula is C20H26N4. The van der Waals surface area contributed by atoms with Crippen LogP contribution in [0.1, 0.15) is 35.6 Å². The lowest BCUT2D eigenvalue weighted by Crippen LogP contribution is -2.37. The third-order valence-corrected chi connectivity index (χ3v) is 5.42. The van der Waals surface area contributed by atoms with Crippen LogP contribution in [-0.2, 0) is 6.54 Å². The van der Waals surface area contributed by atoms with E-state index in [-0.39, 0.29) is 0 Å². The highest BCUT2D eigenvalue weighted by atomic mass is 15.4. The molecule has 0 aliphatic carbocycles. The van der Waals surface area contributed by atoms with Crippen molar-refractivity contribution in [3.05, 3.63) is 65.5 Å². The van der Waals surface area contributed by atoms with E-state index < -0.39 is 0 Å². The van der Waals surface area contributed by atoms with E-state index in [4.69, 9.17) is 0 Å². The van der Waals surface area contributed by atoms with Gasteiger partial charge in [-0.05, 0) is 49.4 Å². The van der Waals surface area contributed by atoms with Gasteiger partial charge in [0.05, 0.1) is 0 Å². The molecule has 1 aromatic carbocycles. The molecule has 3 atom stereocenters. The Kier molecular flexibility index (Phi) is 4.60. The SMILES string of the molecule is Cc1ccc(C2CC(C3CCN(Cc4cccnc4)C3)NN2)cc1. The van der Waals surface area contributed by atoms with Gasteiger partial charge in [0, 0.05) is 37.6 Å². The molecule has 2 aliphatic rings. The van der Waals surface area contributed by atoms with Gasteiger partial charge in [-0.3, -0.25) is 20.7 Å². The fourth-order valence-corrected chi connectivity index (χ4v) is 3.99. The molecule has 4 heteroatoms. The van der Waals surface area contributed by atoms with Crippen molar-refractivity contribution in [1.29, 1.82) is 0 Å². The largest absolute Gasteiger partial charge is 0.299 e. The zero-order valence-electron chi connectivity index (χ0n) is 14.3. The zero-order valence-corrected chi connectivity index (χ0v) is 14.3. The van der Waals surface area contributed by atoms with Crippen LogP contribution in [0.3, 0.4) is 0 Å². The minimum Gasteiger partial charge on any atom is -0.299 e. The molecule has 4 rings (SSSR count). The molecule has 0 radical (unpaired) electrons. The quantitative estimate of drug-likeness (QED) is 0.908. The number of aromatic nitrogens is 1. The first-order chi connectivity index (χ1) is 11.8. The van der Waals surface area contributed by atoms with Crippen molar-refractivity contribution in [3.63, 3.8) is 0 Å². The molecule has 24 heavy (non-hydrogen) atoms. The molecule has 2 N–H and O–H groups in total. The fraction of sp³-hybridized carbons (Fsp3) is 0.450. The van der Waals surface area contributed by atoms with E-state index in [0.717, 1.165) is 12.5 Å². The molecule has 0 amide bonds. The molecule has 4 nitrogen and oxygen atoms in total. The van der Waals surface area contributed by atoms with Gasteiger partial charge >= 0.3 is 0 Å². The molecule has 0 bridgehead atoms. The third-order valence-electron chi connectivity index (χ3n) is 5.42. The minimum absolute atomic E-state index is 0.433. The molecule has 3 heterocycles. The van der Waals surface area contributed by atoms with Crippen LogP contribution in [-0.4, -0.2) is 29.0 Å². The first-order valence-electron chi connectivity index (χ1n) is 8.97. The number of hydrogen-bond donors (Lipinski definition) is 2. The molecule has 3 unspecified atom stereocenters. The fourth-order valence-electron chi connectivity index (χ4n) is 3.99. The number of aryl methyl sites for hydroxylation is 1. The first-order valence-corrected chi connectivity index (χ1v) is 8.97. The van der Waals surface area contributed by atoms with Crippen molar-refractivity contribution in [1.82, 2.24) is 20.7 Å². The van der Waals surface area contributed by atoms with Crippen LogP contribution in [0, 0.1) is 12.8 Å². The number of benzene rings is 1. The summed E-state index contributed by atoms with van der Waals surface area (Å²) in [7, 11) is 0. The lowest BCUT2D eigenvalue weighted by atomic mass is 9.92.